The third-order valence-electron chi connectivity index (χ3n) is 3.48. The number of benzene rings is 3. The molecule has 0 radical (unpaired) electrons. The number of rotatable bonds is 4. The van der Waals surface area contributed by atoms with Crippen molar-refractivity contribution >= 4 is 35.7 Å². The van der Waals surface area contributed by atoms with Crippen LogP contribution in [0.25, 0.3) is 0 Å². The topological polar surface area (TPSA) is 29.4 Å². The molecule has 4 heteroatoms. The monoisotopic (exact) mass is 339 g/mol. The van der Waals surface area contributed by atoms with Crippen molar-refractivity contribution in [3.05, 3.63) is 95.5 Å². The Morgan fingerprint density at radius 3 is 1.74 bits per heavy atom. The van der Waals surface area contributed by atoms with Crippen LogP contribution in [-0.4, -0.2) is 6.21 Å². The molecule has 0 saturated heterocycles. The molecule has 0 amide bonds. The fourth-order valence-corrected chi connectivity index (χ4v) is 4.45. The third kappa shape index (κ3) is 3.44. The summed E-state index contributed by atoms with van der Waals surface area (Å²) in [5.74, 6) is 0. The van der Waals surface area contributed by atoms with Crippen LogP contribution in [0.1, 0.15) is 5.56 Å². The van der Waals surface area contributed by atoms with Gasteiger partial charge in [0.25, 0.3) is 0 Å². The van der Waals surface area contributed by atoms with Gasteiger partial charge in [0.15, 0.2) is 0 Å². The second-order valence-electron chi connectivity index (χ2n) is 5.01. The summed E-state index contributed by atoms with van der Waals surface area (Å²) in [7, 11) is -3.10. The van der Waals surface area contributed by atoms with Gasteiger partial charge in [0.1, 0.15) is 0 Å². The van der Waals surface area contributed by atoms with E-state index in [1.807, 2.05) is 78.9 Å². The predicted octanol–water partition coefficient (Wildman–Crippen LogP) is 4.69. The van der Waals surface area contributed by atoms with Gasteiger partial charge >= 0.3 is 0 Å². The zero-order chi connectivity index (χ0) is 16.1. The normalized spacial score (nSPS) is 11.7. The van der Waals surface area contributed by atoms with E-state index in [0.29, 0.717) is 15.6 Å². The standard InChI is InChI=1S/C19H15ClNOP/c20-19-14-8-7-9-16(19)15-21-23(22,17-10-3-1-4-11-17)18-12-5-2-6-13-18/h1-15H/b21-15-. The zero-order valence-corrected chi connectivity index (χ0v) is 14.0. The van der Waals surface area contributed by atoms with Crippen LogP contribution in [-0.2, 0) is 4.57 Å². The molecule has 0 aliphatic heterocycles. The Labute approximate surface area is 140 Å². The Morgan fingerprint density at radius 2 is 1.22 bits per heavy atom. The highest BCUT2D eigenvalue weighted by molar-refractivity contribution is 7.77. The summed E-state index contributed by atoms with van der Waals surface area (Å²) in [6, 6.07) is 26.0. The molecule has 0 N–H and O–H groups in total. The number of hydrogen-bond donors (Lipinski definition) is 0. The first-order chi connectivity index (χ1) is 11.2. The second-order valence-corrected chi connectivity index (χ2v) is 7.84. The Morgan fingerprint density at radius 1 is 0.739 bits per heavy atom. The van der Waals surface area contributed by atoms with Gasteiger partial charge in [-0.25, -0.2) is 4.76 Å². The van der Waals surface area contributed by atoms with Gasteiger partial charge < -0.3 is 0 Å². The molecular weight excluding hydrogens is 325 g/mol. The summed E-state index contributed by atoms with van der Waals surface area (Å²) >= 11 is 6.16. The summed E-state index contributed by atoms with van der Waals surface area (Å²) in [6.07, 6.45) is 1.60. The minimum absolute atomic E-state index is 0.587. The Balaban J connectivity index is 2.11. The maximum absolute atomic E-state index is 13.7. The van der Waals surface area contributed by atoms with E-state index in [9.17, 15) is 4.57 Å². The maximum atomic E-state index is 13.7. The Hall–Kier alpha value is -2.15. The summed E-state index contributed by atoms with van der Waals surface area (Å²) in [4.78, 5) is 0. The minimum atomic E-state index is -3.10. The zero-order valence-electron chi connectivity index (χ0n) is 12.3. The number of halogens is 1. The molecule has 0 heterocycles. The molecule has 0 fully saturated rings. The molecule has 0 spiro atoms. The van der Waals surface area contributed by atoms with Crippen LogP contribution < -0.4 is 10.6 Å². The van der Waals surface area contributed by atoms with Gasteiger partial charge in [-0.05, 0) is 30.3 Å². The number of hydrogen-bond acceptors (Lipinski definition) is 1. The molecule has 0 aromatic heterocycles. The molecule has 0 aliphatic carbocycles. The van der Waals surface area contributed by atoms with Crippen molar-refractivity contribution < 1.29 is 4.57 Å². The van der Waals surface area contributed by atoms with E-state index in [1.54, 1.807) is 12.3 Å². The minimum Gasteiger partial charge on any atom is -0.288 e. The molecule has 0 unspecified atom stereocenters. The molecule has 114 valence electrons. The van der Waals surface area contributed by atoms with Crippen LogP contribution >= 0.6 is 18.9 Å². The third-order valence-corrected chi connectivity index (χ3v) is 6.26. The summed E-state index contributed by atoms with van der Waals surface area (Å²) < 4.78 is 18.1. The van der Waals surface area contributed by atoms with Crippen LogP contribution in [0.3, 0.4) is 0 Å². The molecule has 0 atom stereocenters. The van der Waals surface area contributed by atoms with Gasteiger partial charge in [0, 0.05) is 27.4 Å². The average Bonchev–Trinajstić information content (AvgIpc) is 2.62. The van der Waals surface area contributed by atoms with Crippen molar-refractivity contribution in [2.24, 2.45) is 4.76 Å². The first kappa shape index (κ1) is 15.7. The highest BCUT2D eigenvalue weighted by Crippen LogP contribution is 2.44. The van der Waals surface area contributed by atoms with Crippen molar-refractivity contribution in [3.63, 3.8) is 0 Å². The predicted molar refractivity (Wildman–Crippen MR) is 98.8 cm³/mol. The van der Waals surface area contributed by atoms with E-state index < -0.39 is 7.29 Å². The smallest absolute Gasteiger partial charge is 0.247 e. The molecule has 23 heavy (non-hydrogen) atoms. The quantitative estimate of drug-likeness (QED) is 0.501. The lowest BCUT2D eigenvalue weighted by Gasteiger charge is -2.14. The maximum Gasteiger partial charge on any atom is 0.247 e. The van der Waals surface area contributed by atoms with Crippen LogP contribution in [0, 0.1) is 0 Å². The lowest BCUT2D eigenvalue weighted by Crippen LogP contribution is -2.14. The Kier molecular flexibility index (Phi) is 4.76. The van der Waals surface area contributed by atoms with Gasteiger partial charge in [-0.1, -0.05) is 66.2 Å². The van der Waals surface area contributed by atoms with Gasteiger partial charge in [0.05, 0.1) is 0 Å². The number of nitrogens with zero attached hydrogens (tertiary/aromatic N) is 1. The molecule has 3 aromatic rings. The molecule has 3 rings (SSSR count). The van der Waals surface area contributed by atoms with E-state index in [-0.39, 0.29) is 0 Å². The molecular formula is C19H15ClNOP. The van der Waals surface area contributed by atoms with Crippen molar-refractivity contribution in [1.29, 1.82) is 0 Å². The molecule has 0 bridgehead atoms. The molecule has 0 aliphatic rings. The SMILES string of the molecule is O=P(/N=C\c1ccccc1Cl)(c1ccccc1)c1ccccc1. The van der Waals surface area contributed by atoms with E-state index >= 15 is 0 Å². The van der Waals surface area contributed by atoms with Crippen LogP contribution in [0.5, 0.6) is 0 Å². The highest BCUT2D eigenvalue weighted by atomic mass is 35.5. The van der Waals surface area contributed by atoms with Crippen molar-refractivity contribution in [3.8, 4) is 0 Å². The van der Waals surface area contributed by atoms with Crippen molar-refractivity contribution in [2.45, 2.75) is 0 Å². The molecule has 0 saturated carbocycles. The van der Waals surface area contributed by atoms with Gasteiger partial charge in [-0.2, -0.15) is 0 Å². The summed E-state index contributed by atoms with van der Waals surface area (Å²) in [6.45, 7) is 0. The van der Waals surface area contributed by atoms with Crippen molar-refractivity contribution in [2.75, 3.05) is 0 Å². The fraction of sp³-hybridized carbons (Fsp3) is 0. The summed E-state index contributed by atoms with van der Waals surface area (Å²) in [5.41, 5.74) is 0.751. The van der Waals surface area contributed by atoms with E-state index in [1.165, 1.54) is 0 Å². The first-order valence-electron chi connectivity index (χ1n) is 7.21. The lowest BCUT2D eigenvalue weighted by atomic mass is 10.2. The van der Waals surface area contributed by atoms with E-state index in [0.717, 1.165) is 5.56 Å². The van der Waals surface area contributed by atoms with Gasteiger partial charge in [-0.3, -0.25) is 4.57 Å². The highest BCUT2D eigenvalue weighted by Gasteiger charge is 2.25. The van der Waals surface area contributed by atoms with Crippen molar-refractivity contribution in [1.82, 2.24) is 0 Å². The summed E-state index contributed by atoms with van der Waals surface area (Å²) in [5, 5.41) is 1.99. The van der Waals surface area contributed by atoms with Gasteiger partial charge in [-0.15, -0.1) is 0 Å². The lowest BCUT2D eigenvalue weighted by molar-refractivity contribution is 0.588. The van der Waals surface area contributed by atoms with Crippen LogP contribution in [0.4, 0.5) is 0 Å². The Bertz CT molecular complexity index is 819. The largest absolute Gasteiger partial charge is 0.288 e. The second kappa shape index (κ2) is 6.95. The molecule has 2 nitrogen and oxygen atoms in total. The fourth-order valence-electron chi connectivity index (χ4n) is 2.27. The van der Waals surface area contributed by atoms with E-state index in [4.69, 9.17) is 11.6 Å². The molecule has 3 aromatic carbocycles. The average molecular weight is 340 g/mol. The van der Waals surface area contributed by atoms with Crippen LogP contribution in [0.15, 0.2) is 89.7 Å². The van der Waals surface area contributed by atoms with Gasteiger partial charge in [0.2, 0.25) is 7.29 Å². The van der Waals surface area contributed by atoms with E-state index in [2.05, 4.69) is 4.76 Å². The van der Waals surface area contributed by atoms with Crippen LogP contribution in [0.2, 0.25) is 5.02 Å². The first-order valence-corrected chi connectivity index (χ1v) is 9.25.